The van der Waals surface area contributed by atoms with Crippen molar-refractivity contribution >= 4 is 5.97 Å². The Morgan fingerprint density at radius 1 is 1.33 bits per heavy atom. The number of hydrogen-bond acceptors (Lipinski definition) is 5. The molecule has 98 valence electrons. The largest absolute Gasteiger partial charge is 0.460 e. The van der Waals surface area contributed by atoms with Crippen LogP contribution in [0.2, 0.25) is 0 Å². The molecule has 1 heterocycles. The average Bonchev–Trinajstić information content (AvgIpc) is 2.46. The van der Waals surface area contributed by atoms with Crippen molar-refractivity contribution in [3.05, 3.63) is 35.9 Å². The topological polar surface area (TPSA) is 48.0 Å². The first-order valence-corrected chi connectivity index (χ1v) is 5.87. The minimum atomic E-state index is -0.367. The van der Waals surface area contributed by atoms with E-state index in [-0.39, 0.29) is 18.8 Å². The summed E-state index contributed by atoms with van der Waals surface area (Å²) in [7, 11) is 0. The molecule has 0 aromatic heterocycles. The highest BCUT2D eigenvalue weighted by Gasteiger charge is 2.24. The molecule has 0 aliphatic carbocycles. The van der Waals surface area contributed by atoms with E-state index in [1.165, 1.54) is 0 Å². The van der Waals surface area contributed by atoms with E-state index in [1.54, 1.807) is 11.8 Å². The van der Waals surface area contributed by atoms with Crippen molar-refractivity contribution < 1.29 is 19.0 Å². The molecule has 0 amide bonds. The SMILES string of the molecule is C[C@@H](C(=O)OCc1ccccc1)N1COCOC1. The molecule has 2 rings (SSSR count). The maximum absolute atomic E-state index is 11.8. The fourth-order valence-electron chi connectivity index (χ4n) is 1.63. The van der Waals surface area contributed by atoms with Crippen LogP contribution in [0.4, 0.5) is 0 Å². The molecule has 5 heteroatoms. The molecule has 18 heavy (non-hydrogen) atoms. The van der Waals surface area contributed by atoms with Crippen LogP contribution in [-0.2, 0) is 25.6 Å². The van der Waals surface area contributed by atoms with E-state index in [0.717, 1.165) is 5.56 Å². The van der Waals surface area contributed by atoms with Crippen molar-refractivity contribution in [3.8, 4) is 0 Å². The van der Waals surface area contributed by atoms with E-state index in [2.05, 4.69) is 0 Å². The van der Waals surface area contributed by atoms with Crippen LogP contribution in [0, 0.1) is 0 Å². The minimum Gasteiger partial charge on any atom is -0.460 e. The minimum absolute atomic E-state index is 0.270. The van der Waals surface area contributed by atoms with Gasteiger partial charge in [0.1, 0.15) is 32.9 Å². The zero-order valence-electron chi connectivity index (χ0n) is 10.4. The van der Waals surface area contributed by atoms with Crippen molar-refractivity contribution in [1.82, 2.24) is 4.90 Å². The van der Waals surface area contributed by atoms with Crippen LogP contribution in [-0.4, -0.2) is 37.2 Å². The molecule has 1 saturated heterocycles. The third kappa shape index (κ3) is 3.53. The predicted octanol–water partition coefficient (Wildman–Crippen LogP) is 1.34. The van der Waals surface area contributed by atoms with Gasteiger partial charge in [-0.15, -0.1) is 0 Å². The summed E-state index contributed by atoms with van der Waals surface area (Å²) < 4.78 is 15.5. The van der Waals surface area contributed by atoms with E-state index in [0.29, 0.717) is 20.1 Å². The normalized spacial score (nSPS) is 18.3. The Morgan fingerprint density at radius 3 is 2.67 bits per heavy atom. The molecule has 0 spiro atoms. The molecule has 0 bridgehead atoms. The Kier molecular flexibility index (Phi) is 4.69. The van der Waals surface area contributed by atoms with Crippen molar-refractivity contribution in [2.24, 2.45) is 0 Å². The van der Waals surface area contributed by atoms with E-state index in [1.807, 2.05) is 30.3 Å². The summed E-state index contributed by atoms with van der Waals surface area (Å²) in [6, 6.07) is 9.23. The Hall–Kier alpha value is -1.43. The summed E-state index contributed by atoms with van der Waals surface area (Å²) in [5.41, 5.74) is 0.976. The maximum atomic E-state index is 11.8. The molecule has 0 radical (unpaired) electrons. The van der Waals surface area contributed by atoms with Crippen molar-refractivity contribution in [3.63, 3.8) is 0 Å². The molecular weight excluding hydrogens is 234 g/mol. The second-order valence-electron chi connectivity index (χ2n) is 4.14. The van der Waals surface area contributed by atoms with E-state index < -0.39 is 0 Å². The van der Waals surface area contributed by atoms with Gasteiger partial charge in [0.2, 0.25) is 0 Å². The van der Waals surface area contributed by atoms with Crippen LogP contribution in [0.3, 0.4) is 0 Å². The zero-order chi connectivity index (χ0) is 12.8. The average molecular weight is 251 g/mol. The van der Waals surface area contributed by atoms with Gasteiger partial charge < -0.3 is 14.2 Å². The summed E-state index contributed by atoms with van der Waals surface area (Å²) in [5.74, 6) is -0.270. The van der Waals surface area contributed by atoms with Gasteiger partial charge in [0, 0.05) is 0 Å². The lowest BCUT2D eigenvalue weighted by atomic mass is 10.2. The van der Waals surface area contributed by atoms with Crippen LogP contribution in [0.15, 0.2) is 30.3 Å². The third-order valence-electron chi connectivity index (χ3n) is 2.79. The lowest BCUT2D eigenvalue weighted by Gasteiger charge is -2.30. The number of nitrogens with zero attached hydrogens (tertiary/aromatic N) is 1. The maximum Gasteiger partial charge on any atom is 0.323 e. The van der Waals surface area contributed by atoms with Gasteiger partial charge in [0.05, 0.1) is 0 Å². The fraction of sp³-hybridized carbons (Fsp3) is 0.462. The first-order chi connectivity index (χ1) is 8.77. The summed E-state index contributed by atoms with van der Waals surface area (Å²) in [4.78, 5) is 13.6. The van der Waals surface area contributed by atoms with Crippen molar-refractivity contribution in [2.75, 3.05) is 20.3 Å². The molecule has 1 aromatic carbocycles. The van der Waals surface area contributed by atoms with Crippen LogP contribution in [0.5, 0.6) is 0 Å². The number of rotatable bonds is 4. The molecule has 1 fully saturated rings. The van der Waals surface area contributed by atoms with Gasteiger partial charge in [0.25, 0.3) is 0 Å². The summed E-state index contributed by atoms with van der Waals surface area (Å²) in [6.45, 7) is 3.14. The molecule has 1 aromatic rings. The molecule has 1 aliphatic heterocycles. The molecule has 5 nitrogen and oxygen atoms in total. The zero-order valence-corrected chi connectivity index (χ0v) is 10.4. The fourth-order valence-corrected chi connectivity index (χ4v) is 1.63. The number of carbonyl (C=O) groups is 1. The van der Waals surface area contributed by atoms with Gasteiger partial charge >= 0.3 is 5.97 Å². The Morgan fingerprint density at radius 2 is 2.00 bits per heavy atom. The van der Waals surface area contributed by atoms with Gasteiger partial charge in [-0.25, -0.2) is 4.90 Å². The van der Waals surface area contributed by atoms with Crippen LogP contribution < -0.4 is 0 Å². The van der Waals surface area contributed by atoms with Gasteiger partial charge in [0.15, 0.2) is 0 Å². The van der Waals surface area contributed by atoms with Crippen LogP contribution in [0.25, 0.3) is 0 Å². The van der Waals surface area contributed by atoms with Crippen LogP contribution >= 0.6 is 0 Å². The predicted molar refractivity (Wildman–Crippen MR) is 64.3 cm³/mol. The highest BCUT2D eigenvalue weighted by Crippen LogP contribution is 2.08. The number of carbonyl (C=O) groups excluding carboxylic acids is 1. The summed E-state index contributed by atoms with van der Waals surface area (Å²) in [6.07, 6.45) is 0. The Balaban J connectivity index is 1.80. The quantitative estimate of drug-likeness (QED) is 0.756. The lowest BCUT2D eigenvalue weighted by molar-refractivity contribution is -0.201. The number of ether oxygens (including phenoxy) is 3. The summed E-state index contributed by atoms with van der Waals surface area (Å²) >= 11 is 0. The molecular formula is C13H17NO4. The highest BCUT2D eigenvalue weighted by molar-refractivity contribution is 5.75. The number of benzene rings is 1. The van der Waals surface area contributed by atoms with Crippen molar-refractivity contribution in [2.45, 2.75) is 19.6 Å². The van der Waals surface area contributed by atoms with E-state index >= 15 is 0 Å². The Labute approximate surface area is 106 Å². The number of esters is 1. The third-order valence-corrected chi connectivity index (χ3v) is 2.79. The second-order valence-corrected chi connectivity index (χ2v) is 4.14. The highest BCUT2D eigenvalue weighted by atomic mass is 16.7. The van der Waals surface area contributed by atoms with E-state index in [9.17, 15) is 4.79 Å². The molecule has 1 aliphatic rings. The molecule has 0 N–H and O–H groups in total. The summed E-state index contributed by atoms with van der Waals surface area (Å²) in [5, 5.41) is 0. The second kappa shape index (κ2) is 6.49. The van der Waals surface area contributed by atoms with Gasteiger partial charge in [-0.2, -0.15) is 0 Å². The van der Waals surface area contributed by atoms with Crippen LogP contribution in [0.1, 0.15) is 12.5 Å². The van der Waals surface area contributed by atoms with Gasteiger partial charge in [-0.1, -0.05) is 30.3 Å². The Bertz CT molecular complexity index is 376. The van der Waals surface area contributed by atoms with Gasteiger partial charge in [-0.3, -0.25) is 4.79 Å². The molecule has 0 unspecified atom stereocenters. The molecule has 1 atom stereocenters. The standard InChI is InChI=1S/C13H17NO4/c1-11(14-8-16-10-17-9-14)13(15)18-7-12-5-3-2-4-6-12/h2-6,11H,7-10H2,1H3/t11-/m0/s1. The van der Waals surface area contributed by atoms with E-state index in [4.69, 9.17) is 14.2 Å². The lowest BCUT2D eigenvalue weighted by Crippen LogP contribution is -2.45. The van der Waals surface area contributed by atoms with Gasteiger partial charge in [-0.05, 0) is 12.5 Å². The number of hydrogen-bond donors (Lipinski definition) is 0. The first-order valence-electron chi connectivity index (χ1n) is 5.87. The first kappa shape index (κ1) is 13.0. The van der Waals surface area contributed by atoms with Crippen molar-refractivity contribution in [1.29, 1.82) is 0 Å². The smallest absolute Gasteiger partial charge is 0.323 e. The monoisotopic (exact) mass is 251 g/mol. The molecule has 0 saturated carbocycles.